The zero-order valence-electron chi connectivity index (χ0n) is 10.1. The van der Waals surface area contributed by atoms with Gasteiger partial charge in [0, 0.05) is 0 Å². The fraction of sp³-hybridized carbons (Fsp3) is 0.417. The zero-order valence-corrected chi connectivity index (χ0v) is 10.9. The molecule has 1 N–H and O–H groups in total. The Hall–Kier alpha value is -1.38. The lowest BCUT2D eigenvalue weighted by atomic mass is 9.94. The smallest absolute Gasteiger partial charge is 0.282 e. The Bertz CT molecular complexity index is 568. The number of rotatable bonds is 3. The number of nitrogens with zero attached hydrogens (tertiary/aromatic N) is 1. The predicted molar refractivity (Wildman–Crippen MR) is 64.3 cm³/mol. The standard InChI is InChI=1S/C12H15NO3S/c1-8(2)6-10-9(3)4-5-12(11(10)7-13)17(14,15)16/h4-5,8H,6H2,1-3H3,(H,14,15,16). The van der Waals surface area contributed by atoms with Gasteiger partial charge >= 0.3 is 0 Å². The van der Waals surface area contributed by atoms with Gasteiger partial charge in [-0.2, -0.15) is 13.7 Å². The highest BCUT2D eigenvalue weighted by Crippen LogP contribution is 2.24. The summed E-state index contributed by atoms with van der Waals surface area (Å²) < 4.78 is 31.4. The molecule has 0 aliphatic heterocycles. The van der Waals surface area contributed by atoms with Crippen LogP contribution in [0.15, 0.2) is 17.0 Å². The van der Waals surface area contributed by atoms with E-state index in [-0.39, 0.29) is 10.5 Å². The summed E-state index contributed by atoms with van der Waals surface area (Å²) in [5, 5.41) is 9.07. The first-order chi connectivity index (χ1) is 7.77. The van der Waals surface area contributed by atoms with Crippen LogP contribution in [0.4, 0.5) is 0 Å². The van der Waals surface area contributed by atoms with Crippen LogP contribution in [0.2, 0.25) is 0 Å². The molecule has 1 aromatic rings. The Morgan fingerprint density at radius 1 is 1.41 bits per heavy atom. The maximum Gasteiger partial charge on any atom is 0.295 e. The second-order valence-corrected chi connectivity index (χ2v) is 5.81. The minimum absolute atomic E-state index is 0.0567. The van der Waals surface area contributed by atoms with Gasteiger partial charge in [-0.05, 0) is 36.5 Å². The van der Waals surface area contributed by atoms with Crippen LogP contribution in [0, 0.1) is 24.2 Å². The van der Waals surface area contributed by atoms with Gasteiger partial charge in [-0.15, -0.1) is 0 Å². The first-order valence-electron chi connectivity index (χ1n) is 5.27. The quantitative estimate of drug-likeness (QED) is 0.838. The van der Waals surface area contributed by atoms with E-state index in [0.29, 0.717) is 17.9 Å². The van der Waals surface area contributed by atoms with Crippen LogP contribution in [-0.4, -0.2) is 13.0 Å². The van der Waals surface area contributed by atoms with Crippen LogP contribution in [-0.2, 0) is 16.5 Å². The molecule has 0 aliphatic carbocycles. The fourth-order valence-corrected chi connectivity index (χ4v) is 2.41. The number of hydrogen-bond donors (Lipinski definition) is 1. The molecular formula is C12H15NO3S. The number of nitriles is 1. The molecule has 0 bridgehead atoms. The van der Waals surface area contributed by atoms with Crippen LogP contribution in [0.1, 0.15) is 30.5 Å². The lowest BCUT2D eigenvalue weighted by Crippen LogP contribution is -2.07. The maximum atomic E-state index is 11.2. The summed E-state index contributed by atoms with van der Waals surface area (Å²) in [6.07, 6.45) is 0.609. The summed E-state index contributed by atoms with van der Waals surface area (Å²) in [4.78, 5) is -0.304. The maximum absolute atomic E-state index is 11.2. The van der Waals surface area contributed by atoms with Gasteiger partial charge in [0.1, 0.15) is 11.0 Å². The lowest BCUT2D eigenvalue weighted by molar-refractivity contribution is 0.482. The van der Waals surface area contributed by atoms with Crippen molar-refractivity contribution in [2.45, 2.75) is 32.1 Å². The molecule has 0 aromatic heterocycles. The first kappa shape index (κ1) is 13.7. The van der Waals surface area contributed by atoms with Gasteiger partial charge in [0.2, 0.25) is 0 Å². The minimum Gasteiger partial charge on any atom is -0.282 e. The van der Waals surface area contributed by atoms with Crippen molar-refractivity contribution in [3.05, 3.63) is 28.8 Å². The summed E-state index contributed by atoms with van der Waals surface area (Å²) in [5.41, 5.74) is 1.61. The highest BCUT2D eigenvalue weighted by molar-refractivity contribution is 7.85. The molecule has 0 spiro atoms. The van der Waals surface area contributed by atoms with E-state index >= 15 is 0 Å². The molecule has 0 heterocycles. The highest BCUT2D eigenvalue weighted by atomic mass is 32.2. The Morgan fingerprint density at radius 3 is 2.41 bits per heavy atom. The third-order valence-corrected chi connectivity index (χ3v) is 3.41. The van der Waals surface area contributed by atoms with Gasteiger partial charge in [0.15, 0.2) is 0 Å². The number of benzene rings is 1. The SMILES string of the molecule is Cc1ccc(S(=O)(=O)O)c(C#N)c1CC(C)C. The number of hydrogen-bond acceptors (Lipinski definition) is 3. The van der Waals surface area contributed by atoms with Crippen molar-refractivity contribution in [3.8, 4) is 6.07 Å². The van der Waals surface area contributed by atoms with Crippen molar-refractivity contribution in [3.63, 3.8) is 0 Å². The fourth-order valence-electron chi connectivity index (χ4n) is 1.74. The average molecular weight is 253 g/mol. The van der Waals surface area contributed by atoms with E-state index < -0.39 is 10.1 Å². The third-order valence-electron chi connectivity index (χ3n) is 2.51. The third kappa shape index (κ3) is 3.05. The van der Waals surface area contributed by atoms with Crippen LogP contribution >= 0.6 is 0 Å². The van der Waals surface area contributed by atoms with Crippen molar-refractivity contribution >= 4 is 10.1 Å². The Labute approximate surface area is 102 Å². The molecule has 1 rings (SSSR count). The Morgan fingerprint density at radius 2 is 2.00 bits per heavy atom. The van der Waals surface area contributed by atoms with E-state index in [1.807, 2.05) is 26.8 Å². The molecule has 0 atom stereocenters. The van der Waals surface area contributed by atoms with Gasteiger partial charge in [-0.1, -0.05) is 19.9 Å². The minimum atomic E-state index is -4.34. The van der Waals surface area contributed by atoms with Gasteiger partial charge in [-0.3, -0.25) is 4.55 Å². The molecular weight excluding hydrogens is 238 g/mol. The second-order valence-electron chi connectivity index (χ2n) is 4.42. The summed E-state index contributed by atoms with van der Waals surface area (Å²) in [7, 11) is -4.34. The Balaban J connectivity index is 3.55. The summed E-state index contributed by atoms with van der Waals surface area (Å²) in [6, 6.07) is 4.76. The monoisotopic (exact) mass is 253 g/mol. The molecule has 0 unspecified atom stereocenters. The first-order valence-corrected chi connectivity index (χ1v) is 6.71. The molecule has 0 fully saturated rings. The van der Waals surface area contributed by atoms with Crippen molar-refractivity contribution in [2.75, 3.05) is 0 Å². The molecule has 0 saturated heterocycles. The van der Waals surface area contributed by atoms with E-state index in [1.165, 1.54) is 6.07 Å². The summed E-state index contributed by atoms with van der Waals surface area (Å²) >= 11 is 0. The van der Waals surface area contributed by atoms with Gasteiger partial charge in [0.05, 0.1) is 5.56 Å². The van der Waals surface area contributed by atoms with E-state index in [2.05, 4.69) is 0 Å². The van der Waals surface area contributed by atoms with Gasteiger partial charge < -0.3 is 0 Å². The van der Waals surface area contributed by atoms with Crippen LogP contribution in [0.5, 0.6) is 0 Å². The van der Waals surface area contributed by atoms with E-state index in [0.717, 1.165) is 5.56 Å². The second kappa shape index (κ2) is 4.86. The number of aryl methyl sites for hydroxylation is 1. The molecule has 4 nitrogen and oxygen atoms in total. The van der Waals surface area contributed by atoms with Crippen molar-refractivity contribution in [2.24, 2.45) is 5.92 Å². The highest BCUT2D eigenvalue weighted by Gasteiger charge is 2.20. The lowest BCUT2D eigenvalue weighted by Gasteiger charge is -2.12. The van der Waals surface area contributed by atoms with Gasteiger partial charge in [0.25, 0.3) is 10.1 Å². The molecule has 92 valence electrons. The molecule has 0 amide bonds. The molecule has 0 aliphatic rings. The van der Waals surface area contributed by atoms with E-state index in [4.69, 9.17) is 9.81 Å². The largest absolute Gasteiger partial charge is 0.295 e. The van der Waals surface area contributed by atoms with Crippen molar-refractivity contribution < 1.29 is 13.0 Å². The van der Waals surface area contributed by atoms with E-state index in [9.17, 15) is 8.42 Å². The zero-order chi connectivity index (χ0) is 13.2. The molecule has 1 aromatic carbocycles. The van der Waals surface area contributed by atoms with Crippen LogP contribution in [0.25, 0.3) is 0 Å². The van der Waals surface area contributed by atoms with Gasteiger partial charge in [-0.25, -0.2) is 0 Å². The summed E-state index contributed by atoms with van der Waals surface area (Å²) in [5.74, 6) is 0.303. The normalized spacial score (nSPS) is 11.5. The topological polar surface area (TPSA) is 78.2 Å². The average Bonchev–Trinajstić information content (AvgIpc) is 2.18. The van der Waals surface area contributed by atoms with Crippen LogP contribution in [0.3, 0.4) is 0 Å². The Kier molecular flexibility index (Phi) is 3.91. The van der Waals surface area contributed by atoms with E-state index in [1.54, 1.807) is 6.07 Å². The molecule has 0 radical (unpaired) electrons. The van der Waals surface area contributed by atoms with Crippen LogP contribution < -0.4 is 0 Å². The van der Waals surface area contributed by atoms with Crippen molar-refractivity contribution in [1.82, 2.24) is 0 Å². The molecule has 5 heteroatoms. The molecule has 17 heavy (non-hydrogen) atoms. The predicted octanol–water partition coefficient (Wildman–Crippen LogP) is 2.31. The summed E-state index contributed by atoms with van der Waals surface area (Å²) in [6.45, 7) is 5.80. The van der Waals surface area contributed by atoms with Crippen molar-refractivity contribution in [1.29, 1.82) is 5.26 Å². The molecule has 0 saturated carbocycles.